The molecule has 0 aromatic heterocycles. The Hall–Kier alpha value is -0.580. The Morgan fingerprint density at radius 2 is 2.00 bits per heavy atom. The highest BCUT2D eigenvalue weighted by atomic mass is 127. The average Bonchev–Trinajstić information content (AvgIpc) is 2.18. The highest BCUT2D eigenvalue weighted by Crippen LogP contribution is 2.17. The van der Waals surface area contributed by atoms with E-state index in [1.54, 1.807) is 0 Å². The van der Waals surface area contributed by atoms with Crippen LogP contribution >= 0.6 is 22.6 Å². The Kier molecular flexibility index (Phi) is 4.38. The van der Waals surface area contributed by atoms with E-state index >= 15 is 0 Å². The molecule has 1 aromatic rings. The number of carbonyl (C=O) groups excluding carboxylic acids is 1. The van der Waals surface area contributed by atoms with E-state index in [9.17, 15) is 4.79 Å². The summed E-state index contributed by atoms with van der Waals surface area (Å²) in [5.74, 6) is -0.333. The largest absolute Gasteiger partial charge is 0.466 e. The molecule has 0 heterocycles. The Morgan fingerprint density at radius 1 is 1.43 bits per heavy atom. The van der Waals surface area contributed by atoms with Crippen LogP contribution in [0.3, 0.4) is 0 Å². The molecule has 0 saturated carbocycles. The van der Waals surface area contributed by atoms with Crippen molar-refractivity contribution in [1.29, 1.82) is 0 Å². The van der Waals surface area contributed by atoms with Crippen LogP contribution in [0.15, 0.2) is 24.3 Å². The van der Waals surface area contributed by atoms with Crippen LogP contribution in [-0.4, -0.2) is 12.6 Å². The lowest BCUT2D eigenvalue weighted by atomic mass is 10.0. The average molecular weight is 304 g/mol. The van der Waals surface area contributed by atoms with Crippen molar-refractivity contribution in [2.75, 3.05) is 6.61 Å². The van der Waals surface area contributed by atoms with Crippen LogP contribution in [0.4, 0.5) is 0 Å². The summed E-state index contributed by atoms with van der Waals surface area (Å²) in [5, 5.41) is 0. The molecular formula is C11H13IO2. The molecule has 3 heteroatoms. The third-order valence-corrected chi connectivity index (χ3v) is 2.73. The van der Waals surface area contributed by atoms with Gasteiger partial charge in [0.25, 0.3) is 0 Å². The normalized spacial score (nSPS) is 12.2. The number of ether oxygens (including phenoxy) is 1. The summed E-state index contributed by atoms with van der Waals surface area (Å²) >= 11 is 2.24. The Labute approximate surface area is 97.8 Å². The summed E-state index contributed by atoms with van der Waals surface area (Å²) in [5.41, 5.74) is 1.00. The number of halogens is 1. The second-order valence-corrected chi connectivity index (χ2v) is 4.27. The number of rotatable bonds is 3. The van der Waals surface area contributed by atoms with Crippen LogP contribution in [0.1, 0.15) is 25.3 Å². The van der Waals surface area contributed by atoms with Crippen LogP contribution in [-0.2, 0) is 9.53 Å². The highest BCUT2D eigenvalue weighted by molar-refractivity contribution is 14.1. The number of hydrogen-bond acceptors (Lipinski definition) is 2. The number of esters is 1. The summed E-state index contributed by atoms with van der Waals surface area (Å²) in [7, 11) is 0. The third-order valence-electron chi connectivity index (χ3n) is 2.01. The maximum atomic E-state index is 11.4. The third kappa shape index (κ3) is 2.97. The van der Waals surface area contributed by atoms with Gasteiger partial charge in [-0.05, 0) is 54.1 Å². The van der Waals surface area contributed by atoms with Gasteiger partial charge < -0.3 is 4.74 Å². The van der Waals surface area contributed by atoms with Gasteiger partial charge in [-0.25, -0.2) is 0 Å². The summed E-state index contributed by atoms with van der Waals surface area (Å²) < 4.78 is 6.12. The molecule has 2 nitrogen and oxygen atoms in total. The first-order chi connectivity index (χ1) is 6.65. The van der Waals surface area contributed by atoms with Crippen LogP contribution in [0, 0.1) is 3.57 Å². The van der Waals surface area contributed by atoms with Gasteiger partial charge in [0, 0.05) is 3.57 Å². The zero-order valence-electron chi connectivity index (χ0n) is 8.29. The zero-order valence-corrected chi connectivity index (χ0v) is 10.4. The predicted octanol–water partition coefficient (Wildman–Crippen LogP) is 2.96. The first-order valence-corrected chi connectivity index (χ1v) is 5.65. The molecule has 0 amide bonds. The van der Waals surface area contributed by atoms with Crippen molar-refractivity contribution in [1.82, 2.24) is 0 Å². The van der Waals surface area contributed by atoms with Crippen LogP contribution in [0.2, 0.25) is 0 Å². The number of carbonyl (C=O) groups is 1. The molecule has 0 bridgehead atoms. The van der Waals surface area contributed by atoms with Crippen molar-refractivity contribution >= 4 is 28.6 Å². The van der Waals surface area contributed by atoms with Gasteiger partial charge in [-0.3, -0.25) is 4.79 Å². The van der Waals surface area contributed by atoms with Crippen molar-refractivity contribution in [3.8, 4) is 0 Å². The van der Waals surface area contributed by atoms with Gasteiger partial charge in [0.15, 0.2) is 0 Å². The topological polar surface area (TPSA) is 26.3 Å². The monoisotopic (exact) mass is 304 g/mol. The number of benzene rings is 1. The van der Waals surface area contributed by atoms with Gasteiger partial charge in [0.1, 0.15) is 0 Å². The molecule has 0 aliphatic rings. The maximum Gasteiger partial charge on any atom is 0.313 e. The molecule has 1 unspecified atom stereocenters. The standard InChI is InChI=1S/C11H13IO2/c1-3-14-11(13)8(2)9-4-6-10(12)7-5-9/h4-8H,3H2,1-2H3. The molecule has 0 aliphatic heterocycles. The fourth-order valence-electron chi connectivity index (χ4n) is 1.15. The molecule has 0 fully saturated rings. The fourth-order valence-corrected chi connectivity index (χ4v) is 1.51. The minimum absolute atomic E-state index is 0.159. The van der Waals surface area contributed by atoms with E-state index in [2.05, 4.69) is 22.6 Å². The lowest BCUT2D eigenvalue weighted by Crippen LogP contribution is -2.12. The smallest absolute Gasteiger partial charge is 0.313 e. The van der Waals surface area contributed by atoms with Gasteiger partial charge in [-0.15, -0.1) is 0 Å². The van der Waals surface area contributed by atoms with E-state index in [1.807, 2.05) is 38.1 Å². The first-order valence-electron chi connectivity index (χ1n) is 4.57. The summed E-state index contributed by atoms with van der Waals surface area (Å²) in [6.45, 7) is 4.12. The van der Waals surface area contributed by atoms with E-state index < -0.39 is 0 Å². The van der Waals surface area contributed by atoms with Crippen molar-refractivity contribution in [3.05, 3.63) is 33.4 Å². The highest BCUT2D eigenvalue weighted by Gasteiger charge is 2.15. The Bertz CT molecular complexity index is 306. The summed E-state index contributed by atoms with van der Waals surface area (Å²) in [6.07, 6.45) is 0. The van der Waals surface area contributed by atoms with E-state index in [0.29, 0.717) is 6.61 Å². The molecule has 0 spiro atoms. The van der Waals surface area contributed by atoms with Crippen molar-refractivity contribution < 1.29 is 9.53 Å². The molecule has 0 saturated heterocycles. The molecular weight excluding hydrogens is 291 g/mol. The van der Waals surface area contributed by atoms with Crippen LogP contribution in [0.25, 0.3) is 0 Å². The van der Waals surface area contributed by atoms with Gasteiger partial charge in [-0.1, -0.05) is 12.1 Å². The quantitative estimate of drug-likeness (QED) is 0.634. The second-order valence-electron chi connectivity index (χ2n) is 3.03. The van der Waals surface area contributed by atoms with Gasteiger partial charge in [0.05, 0.1) is 12.5 Å². The molecule has 0 aliphatic carbocycles. The van der Waals surface area contributed by atoms with Crippen molar-refractivity contribution in [3.63, 3.8) is 0 Å². The summed E-state index contributed by atoms with van der Waals surface area (Å²) in [6, 6.07) is 7.91. The first kappa shape index (κ1) is 11.5. The van der Waals surface area contributed by atoms with Crippen molar-refractivity contribution in [2.24, 2.45) is 0 Å². The SMILES string of the molecule is CCOC(=O)C(C)c1ccc(I)cc1. The van der Waals surface area contributed by atoms with Crippen LogP contribution in [0.5, 0.6) is 0 Å². The summed E-state index contributed by atoms with van der Waals surface area (Å²) in [4.78, 5) is 11.4. The van der Waals surface area contributed by atoms with Crippen molar-refractivity contribution in [2.45, 2.75) is 19.8 Å². The van der Waals surface area contributed by atoms with Gasteiger partial charge >= 0.3 is 5.97 Å². The van der Waals surface area contributed by atoms with E-state index in [0.717, 1.165) is 5.56 Å². The zero-order chi connectivity index (χ0) is 10.6. The maximum absolute atomic E-state index is 11.4. The van der Waals surface area contributed by atoms with Gasteiger partial charge in [0.2, 0.25) is 0 Å². The lowest BCUT2D eigenvalue weighted by molar-refractivity contribution is -0.144. The van der Waals surface area contributed by atoms with Gasteiger partial charge in [-0.2, -0.15) is 0 Å². The molecule has 0 radical (unpaired) electrons. The molecule has 1 aromatic carbocycles. The van der Waals surface area contributed by atoms with E-state index in [-0.39, 0.29) is 11.9 Å². The predicted molar refractivity (Wildman–Crippen MR) is 64.2 cm³/mol. The lowest BCUT2D eigenvalue weighted by Gasteiger charge is -2.10. The second kappa shape index (κ2) is 5.34. The Balaban J connectivity index is 2.73. The van der Waals surface area contributed by atoms with E-state index in [4.69, 9.17) is 4.74 Å². The number of hydrogen-bond donors (Lipinski definition) is 0. The molecule has 1 rings (SSSR count). The van der Waals surface area contributed by atoms with Crippen LogP contribution < -0.4 is 0 Å². The molecule has 1 atom stereocenters. The molecule has 14 heavy (non-hydrogen) atoms. The van der Waals surface area contributed by atoms with E-state index in [1.165, 1.54) is 3.57 Å². The Morgan fingerprint density at radius 3 is 2.50 bits per heavy atom. The fraction of sp³-hybridized carbons (Fsp3) is 0.364. The minimum atomic E-state index is -0.174. The molecule has 0 N–H and O–H groups in total. The minimum Gasteiger partial charge on any atom is -0.466 e. The molecule has 76 valence electrons.